The van der Waals surface area contributed by atoms with Crippen molar-refractivity contribution in [3.05, 3.63) is 17.5 Å². The van der Waals surface area contributed by atoms with Crippen LogP contribution in [0.5, 0.6) is 0 Å². The standard InChI is InChI=1S/C14H24N4O/c1-4-17(9-13-6-5-7-15-13)14(19)10-18-12(3)8-11(2)16-18/h8,13,15H,4-7,9-10H2,1-3H3. The Hall–Kier alpha value is -1.36. The van der Waals surface area contributed by atoms with Gasteiger partial charge in [0.05, 0.1) is 5.69 Å². The van der Waals surface area contributed by atoms with Crippen LogP contribution < -0.4 is 5.32 Å². The van der Waals surface area contributed by atoms with Crippen molar-refractivity contribution in [3.8, 4) is 0 Å². The van der Waals surface area contributed by atoms with Gasteiger partial charge in [-0.2, -0.15) is 5.10 Å². The van der Waals surface area contributed by atoms with E-state index in [2.05, 4.69) is 10.4 Å². The van der Waals surface area contributed by atoms with Crippen LogP contribution in [0.15, 0.2) is 6.07 Å². The van der Waals surface area contributed by atoms with E-state index in [1.807, 2.05) is 31.7 Å². The van der Waals surface area contributed by atoms with Crippen molar-refractivity contribution < 1.29 is 4.79 Å². The average molecular weight is 264 g/mol. The van der Waals surface area contributed by atoms with Crippen LogP contribution in [0.1, 0.15) is 31.2 Å². The third-order valence-electron chi connectivity index (χ3n) is 3.73. The molecule has 106 valence electrons. The molecule has 1 amide bonds. The van der Waals surface area contributed by atoms with E-state index in [4.69, 9.17) is 0 Å². The van der Waals surface area contributed by atoms with Gasteiger partial charge in [-0.25, -0.2) is 0 Å². The first-order chi connectivity index (χ1) is 9.10. The van der Waals surface area contributed by atoms with E-state index in [1.165, 1.54) is 12.8 Å². The van der Waals surface area contributed by atoms with E-state index in [9.17, 15) is 4.79 Å². The molecule has 1 aromatic heterocycles. The maximum atomic E-state index is 12.3. The van der Waals surface area contributed by atoms with Crippen molar-refractivity contribution in [1.29, 1.82) is 0 Å². The molecule has 1 unspecified atom stereocenters. The molecule has 2 rings (SSSR count). The molecule has 0 radical (unpaired) electrons. The highest BCUT2D eigenvalue weighted by Crippen LogP contribution is 2.08. The number of nitrogens with zero attached hydrogens (tertiary/aromatic N) is 3. The van der Waals surface area contributed by atoms with Gasteiger partial charge in [0.1, 0.15) is 6.54 Å². The summed E-state index contributed by atoms with van der Waals surface area (Å²) in [7, 11) is 0. The van der Waals surface area contributed by atoms with Crippen LogP contribution in [-0.2, 0) is 11.3 Å². The minimum atomic E-state index is 0.155. The summed E-state index contributed by atoms with van der Waals surface area (Å²) < 4.78 is 1.79. The Kier molecular flexibility index (Phi) is 4.58. The summed E-state index contributed by atoms with van der Waals surface area (Å²) in [5.74, 6) is 0.155. The highest BCUT2D eigenvalue weighted by molar-refractivity contribution is 5.76. The van der Waals surface area contributed by atoms with E-state index >= 15 is 0 Å². The van der Waals surface area contributed by atoms with Crippen LogP contribution in [0.4, 0.5) is 0 Å². The molecule has 2 heterocycles. The van der Waals surface area contributed by atoms with Gasteiger partial charge >= 0.3 is 0 Å². The fourth-order valence-electron chi connectivity index (χ4n) is 2.65. The number of amides is 1. The van der Waals surface area contributed by atoms with Crippen molar-refractivity contribution in [1.82, 2.24) is 20.0 Å². The van der Waals surface area contributed by atoms with Crippen molar-refractivity contribution in [3.63, 3.8) is 0 Å². The number of hydrogen-bond acceptors (Lipinski definition) is 3. The third-order valence-corrected chi connectivity index (χ3v) is 3.73. The Morgan fingerprint density at radius 1 is 1.58 bits per heavy atom. The summed E-state index contributed by atoms with van der Waals surface area (Å²) in [6.07, 6.45) is 2.39. The second kappa shape index (κ2) is 6.19. The molecule has 5 nitrogen and oxygen atoms in total. The molecule has 0 saturated carbocycles. The summed E-state index contributed by atoms with van der Waals surface area (Å²) >= 11 is 0. The van der Waals surface area contributed by atoms with Crippen LogP contribution in [0.25, 0.3) is 0 Å². The summed E-state index contributed by atoms with van der Waals surface area (Å²) in [6, 6.07) is 2.46. The van der Waals surface area contributed by atoms with Crippen LogP contribution in [0.3, 0.4) is 0 Å². The van der Waals surface area contributed by atoms with E-state index in [-0.39, 0.29) is 5.91 Å². The Bertz CT molecular complexity index is 435. The first kappa shape index (κ1) is 14.1. The van der Waals surface area contributed by atoms with E-state index < -0.39 is 0 Å². The highest BCUT2D eigenvalue weighted by Gasteiger charge is 2.21. The Morgan fingerprint density at radius 3 is 2.89 bits per heavy atom. The van der Waals surface area contributed by atoms with E-state index in [0.717, 1.165) is 31.0 Å². The zero-order valence-corrected chi connectivity index (χ0v) is 12.1. The number of carbonyl (C=O) groups is 1. The maximum Gasteiger partial charge on any atom is 0.244 e. The predicted octanol–water partition coefficient (Wildman–Crippen LogP) is 1.10. The smallest absolute Gasteiger partial charge is 0.244 e. The van der Waals surface area contributed by atoms with Gasteiger partial charge in [0, 0.05) is 24.8 Å². The van der Waals surface area contributed by atoms with Crippen molar-refractivity contribution >= 4 is 5.91 Å². The third kappa shape index (κ3) is 3.56. The Balaban J connectivity index is 1.94. The van der Waals surface area contributed by atoms with Gasteiger partial charge in [0.15, 0.2) is 0 Å². The van der Waals surface area contributed by atoms with Crippen LogP contribution in [-0.4, -0.2) is 46.3 Å². The largest absolute Gasteiger partial charge is 0.340 e. The first-order valence-corrected chi connectivity index (χ1v) is 7.12. The average Bonchev–Trinajstić information content (AvgIpc) is 2.97. The molecular formula is C14H24N4O. The number of nitrogens with one attached hydrogen (secondary N) is 1. The number of carbonyl (C=O) groups excluding carboxylic acids is 1. The van der Waals surface area contributed by atoms with E-state index in [1.54, 1.807) is 4.68 Å². The number of hydrogen-bond donors (Lipinski definition) is 1. The van der Waals surface area contributed by atoms with Crippen molar-refractivity contribution in [2.45, 2.75) is 46.2 Å². The van der Waals surface area contributed by atoms with Gasteiger partial charge in [-0.1, -0.05) is 0 Å². The SMILES string of the molecule is CCN(CC1CCCN1)C(=O)Cn1nc(C)cc1C. The molecule has 0 aliphatic carbocycles. The maximum absolute atomic E-state index is 12.3. The minimum Gasteiger partial charge on any atom is -0.340 e. The normalized spacial score (nSPS) is 18.8. The van der Waals surface area contributed by atoms with Crippen LogP contribution in [0.2, 0.25) is 0 Å². The minimum absolute atomic E-state index is 0.155. The molecule has 1 N–H and O–H groups in total. The van der Waals surface area contributed by atoms with Crippen molar-refractivity contribution in [2.75, 3.05) is 19.6 Å². The Labute approximate surface area is 115 Å². The van der Waals surface area contributed by atoms with Gasteiger partial charge < -0.3 is 10.2 Å². The second-order valence-corrected chi connectivity index (χ2v) is 5.31. The zero-order chi connectivity index (χ0) is 13.8. The Morgan fingerprint density at radius 2 is 2.37 bits per heavy atom. The molecule has 1 aliphatic heterocycles. The van der Waals surface area contributed by atoms with Gasteiger partial charge in [0.2, 0.25) is 5.91 Å². The van der Waals surface area contributed by atoms with Gasteiger partial charge in [-0.3, -0.25) is 9.48 Å². The molecule has 0 spiro atoms. The number of aryl methyl sites for hydroxylation is 2. The van der Waals surface area contributed by atoms with Gasteiger partial charge in [0.25, 0.3) is 0 Å². The number of likely N-dealkylation sites (N-methyl/N-ethyl adjacent to an activating group) is 1. The molecule has 19 heavy (non-hydrogen) atoms. The number of rotatable bonds is 5. The van der Waals surface area contributed by atoms with Gasteiger partial charge in [-0.05, 0) is 46.2 Å². The fourth-order valence-corrected chi connectivity index (χ4v) is 2.65. The monoisotopic (exact) mass is 264 g/mol. The topological polar surface area (TPSA) is 50.2 Å². The second-order valence-electron chi connectivity index (χ2n) is 5.31. The fraction of sp³-hybridized carbons (Fsp3) is 0.714. The summed E-state index contributed by atoms with van der Waals surface area (Å²) in [5.41, 5.74) is 2.01. The molecule has 5 heteroatoms. The quantitative estimate of drug-likeness (QED) is 0.866. The lowest BCUT2D eigenvalue weighted by Crippen LogP contribution is -2.42. The molecule has 1 aliphatic rings. The molecule has 1 atom stereocenters. The van der Waals surface area contributed by atoms with Crippen LogP contribution >= 0.6 is 0 Å². The lowest BCUT2D eigenvalue weighted by molar-refractivity contribution is -0.132. The molecule has 1 fully saturated rings. The first-order valence-electron chi connectivity index (χ1n) is 7.12. The highest BCUT2D eigenvalue weighted by atomic mass is 16.2. The van der Waals surface area contributed by atoms with Gasteiger partial charge in [-0.15, -0.1) is 0 Å². The summed E-state index contributed by atoms with van der Waals surface area (Å²) in [5, 5.41) is 7.79. The molecular weight excluding hydrogens is 240 g/mol. The zero-order valence-electron chi connectivity index (χ0n) is 12.1. The summed E-state index contributed by atoms with van der Waals surface area (Å²) in [6.45, 7) is 8.98. The number of aromatic nitrogens is 2. The lowest BCUT2D eigenvalue weighted by atomic mass is 10.2. The summed E-state index contributed by atoms with van der Waals surface area (Å²) in [4.78, 5) is 14.3. The lowest BCUT2D eigenvalue weighted by Gasteiger charge is -2.24. The van der Waals surface area contributed by atoms with E-state index in [0.29, 0.717) is 12.6 Å². The predicted molar refractivity (Wildman–Crippen MR) is 75.0 cm³/mol. The molecule has 0 bridgehead atoms. The molecule has 1 aromatic rings. The molecule has 0 aromatic carbocycles. The molecule has 1 saturated heterocycles. The van der Waals surface area contributed by atoms with Crippen molar-refractivity contribution in [2.24, 2.45) is 0 Å². The van der Waals surface area contributed by atoms with Crippen LogP contribution in [0, 0.1) is 13.8 Å².